The zero-order chi connectivity index (χ0) is 12.8. The van der Waals surface area contributed by atoms with E-state index in [1.54, 1.807) is 0 Å². The van der Waals surface area contributed by atoms with Crippen molar-refractivity contribution in [2.45, 2.75) is 39.0 Å². The summed E-state index contributed by atoms with van der Waals surface area (Å²) in [6.45, 7) is 4.01. The number of rotatable bonds is 4. The molecule has 0 N–H and O–H groups in total. The van der Waals surface area contributed by atoms with E-state index in [0.29, 0.717) is 0 Å². The number of para-hydroxylation sites is 1. The van der Waals surface area contributed by atoms with Crippen LogP contribution in [0.1, 0.15) is 39.0 Å². The lowest BCUT2D eigenvalue weighted by atomic mass is 9.75. The van der Waals surface area contributed by atoms with Gasteiger partial charge in [0, 0.05) is 18.8 Å². The summed E-state index contributed by atoms with van der Waals surface area (Å²) in [7, 11) is 0. The maximum absolute atomic E-state index is 9.56. The molecule has 0 atom stereocenters. The number of nitrogens with zero attached hydrogens (tertiary/aromatic N) is 2. The van der Waals surface area contributed by atoms with Crippen LogP contribution in [0.3, 0.4) is 0 Å². The summed E-state index contributed by atoms with van der Waals surface area (Å²) in [4.78, 5) is 2.34. The first-order chi connectivity index (χ1) is 8.79. The average molecular weight is 242 g/mol. The molecule has 2 rings (SSSR count). The summed E-state index contributed by atoms with van der Waals surface area (Å²) in [6.07, 6.45) is 5.83. The molecule has 0 unspecified atom stereocenters. The van der Waals surface area contributed by atoms with Crippen molar-refractivity contribution in [2.24, 2.45) is 5.41 Å². The van der Waals surface area contributed by atoms with Gasteiger partial charge in [-0.3, -0.25) is 0 Å². The number of benzene rings is 1. The second-order valence-corrected chi connectivity index (χ2v) is 5.30. The van der Waals surface area contributed by atoms with Gasteiger partial charge >= 0.3 is 0 Å². The van der Waals surface area contributed by atoms with Crippen molar-refractivity contribution in [3.8, 4) is 6.07 Å². The van der Waals surface area contributed by atoms with Crippen molar-refractivity contribution >= 4 is 5.69 Å². The zero-order valence-electron chi connectivity index (χ0n) is 11.2. The Balaban J connectivity index is 2.12. The summed E-state index contributed by atoms with van der Waals surface area (Å²) >= 11 is 0. The second-order valence-electron chi connectivity index (χ2n) is 5.30. The Kier molecular flexibility index (Phi) is 4.25. The standard InChI is InChI=1S/C16H22N2/c1-2-18(15-9-5-3-6-10-15)14-16(13-17)11-7-4-8-12-16/h3,5-6,9-10H,2,4,7-8,11-12,14H2,1H3. The first-order valence-corrected chi connectivity index (χ1v) is 7.01. The van der Waals surface area contributed by atoms with Gasteiger partial charge in [0.1, 0.15) is 0 Å². The van der Waals surface area contributed by atoms with Crippen LogP contribution < -0.4 is 4.90 Å². The maximum atomic E-state index is 9.56. The molecule has 1 aliphatic carbocycles. The van der Waals surface area contributed by atoms with Gasteiger partial charge in [-0.2, -0.15) is 5.26 Å². The van der Waals surface area contributed by atoms with Crippen LogP contribution >= 0.6 is 0 Å². The van der Waals surface area contributed by atoms with Gasteiger partial charge < -0.3 is 4.90 Å². The van der Waals surface area contributed by atoms with Crippen LogP contribution in [-0.2, 0) is 0 Å². The Hall–Kier alpha value is -1.49. The molecule has 1 aromatic carbocycles. The van der Waals surface area contributed by atoms with Crippen molar-refractivity contribution in [3.05, 3.63) is 30.3 Å². The molecule has 0 heterocycles. The molecule has 0 aromatic heterocycles. The number of hydrogen-bond acceptors (Lipinski definition) is 2. The number of nitriles is 1. The van der Waals surface area contributed by atoms with E-state index in [2.05, 4.69) is 42.2 Å². The molecule has 18 heavy (non-hydrogen) atoms. The number of hydrogen-bond donors (Lipinski definition) is 0. The lowest BCUT2D eigenvalue weighted by Gasteiger charge is -2.36. The highest BCUT2D eigenvalue weighted by Gasteiger charge is 2.33. The predicted octanol–water partition coefficient (Wildman–Crippen LogP) is 3.99. The van der Waals surface area contributed by atoms with Crippen LogP contribution in [0.25, 0.3) is 0 Å². The van der Waals surface area contributed by atoms with Crippen LogP contribution in [0, 0.1) is 16.7 Å². The van der Waals surface area contributed by atoms with E-state index in [0.717, 1.165) is 25.9 Å². The van der Waals surface area contributed by atoms with E-state index in [9.17, 15) is 5.26 Å². The third-order valence-corrected chi connectivity index (χ3v) is 4.04. The molecule has 0 spiro atoms. The second kappa shape index (κ2) is 5.91. The van der Waals surface area contributed by atoms with E-state index in [4.69, 9.17) is 0 Å². The molecule has 2 heteroatoms. The van der Waals surface area contributed by atoms with Gasteiger partial charge in [0.25, 0.3) is 0 Å². The molecule has 1 saturated carbocycles. The Morgan fingerprint density at radius 3 is 2.39 bits per heavy atom. The first kappa shape index (κ1) is 13.0. The minimum Gasteiger partial charge on any atom is -0.370 e. The lowest BCUT2D eigenvalue weighted by molar-refractivity contribution is 0.271. The fourth-order valence-electron chi connectivity index (χ4n) is 2.92. The Labute approximate surface area is 110 Å². The maximum Gasteiger partial charge on any atom is 0.0748 e. The quantitative estimate of drug-likeness (QED) is 0.798. The molecule has 96 valence electrons. The third kappa shape index (κ3) is 2.85. The van der Waals surface area contributed by atoms with Gasteiger partial charge in [-0.15, -0.1) is 0 Å². The SMILES string of the molecule is CCN(CC1(C#N)CCCCC1)c1ccccc1. The van der Waals surface area contributed by atoms with Gasteiger partial charge in [-0.1, -0.05) is 37.5 Å². The Bertz CT molecular complexity index is 399. The van der Waals surface area contributed by atoms with Crippen molar-refractivity contribution in [1.29, 1.82) is 5.26 Å². The van der Waals surface area contributed by atoms with E-state index < -0.39 is 0 Å². The molecule has 1 fully saturated rings. The topological polar surface area (TPSA) is 27.0 Å². The van der Waals surface area contributed by atoms with Crippen LogP contribution in [0.4, 0.5) is 5.69 Å². The van der Waals surface area contributed by atoms with E-state index in [1.807, 2.05) is 6.07 Å². The average Bonchev–Trinajstić information content (AvgIpc) is 2.47. The van der Waals surface area contributed by atoms with Gasteiger partial charge in [0.2, 0.25) is 0 Å². The summed E-state index contributed by atoms with van der Waals surface area (Å²) in [5, 5.41) is 9.56. The summed E-state index contributed by atoms with van der Waals surface area (Å²) in [5.41, 5.74) is 1.12. The molecule has 0 amide bonds. The third-order valence-electron chi connectivity index (χ3n) is 4.04. The minimum absolute atomic E-state index is 0.121. The van der Waals surface area contributed by atoms with Crippen molar-refractivity contribution < 1.29 is 0 Å². The molecule has 1 aliphatic rings. The normalized spacial score (nSPS) is 18.0. The van der Waals surface area contributed by atoms with Gasteiger partial charge in [0.15, 0.2) is 0 Å². The predicted molar refractivity (Wildman–Crippen MR) is 75.5 cm³/mol. The largest absolute Gasteiger partial charge is 0.370 e. The van der Waals surface area contributed by atoms with Crippen molar-refractivity contribution in [1.82, 2.24) is 0 Å². The Morgan fingerprint density at radius 1 is 1.17 bits per heavy atom. The van der Waals surface area contributed by atoms with E-state index in [-0.39, 0.29) is 5.41 Å². The molecule has 0 radical (unpaired) electrons. The molecule has 2 nitrogen and oxygen atoms in total. The van der Waals surface area contributed by atoms with Gasteiger partial charge in [-0.25, -0.2) is 0 Å². The minimum atomic E-state index is -0.121. The van der Waals surface area contributed by atoms with Crippen LogP contribution in [0.2, 0.25) is 0 Å². The summed E-state index contributed by atoms with van der Waals surface area (Å²) in [6, 6.07) is 13.1. The van der Waals surface area contributed by atoms with Crippen LogP contribution in [0.15, 0.2) is 30.3 Å². The number of anilines is 1. The summed E-state index contributed by atoms with van der Waals surface area (Å²) in [5.74, 6) is 0. The fraction of sp³-hybridized carbons (Fsp3) is 0.562. The molecule has 0 aliphatic heterocycles. The molecule has 0 saturated heterocycles. The molecule has 0 bridgehead atoms. The highest BCUT2D eigenvalue weighted by Crippen LogP contribution is 2.37. The van der Waals surface area contributed by atoms with Crippen molar-refractivity contribution in [2.75, 3.05) is 18.0 Å². The highest BCUT2D eigenvalue weighted by atomic mass is 15.1. The van der Waals surface area contributed by atoms with E-state index in [1.165, 1.54) is 24.9 Å². The first-order valence-electron chi connectivity index (χ1n) is 7.01. The van der Waals surface area contributed by atoms with Gasteiger partial charge in [0.05, 0.1) is 11.5 Å². The highest BCUT2D eigenvalue weighted by molar-refractivity contribution is 5.46. The lowest BCUT2D eigenvalue weighted by Crippen LogP contribution is -2.38. The van der Waals surface area contributed by atoms with Crippen molar-refractivity contribution in [3.63, 3.8) is 0 Å². The Morgan fingerprint density at radius 2 is 1.83 bits per heavy atom. The van der Waals surface area contributed by atoms with E-state index >= 15 is 0 Å². The molecule has 1 aromatic rings. The van der Waals surface area contributed by atoms with Gasteiger partial charge in [-0.05, 0) is 31.9 Å². The summed E-state index contributed by atoms with van der Waals surface area (Å²) < 4.78 is 0. The fourth-order valence-corrected chi connectivity index (χ4v) is 2.92. The molecular weight excluding hydrogens is 220 g/mol. The van der Waals surface area contributed by atoms with Crippen LogP contribution in [-0.4, -0.2) is 13.1 Å². The zero-order valence-corrected chi connectivity index (χ0v) is 11.2. The van der Waals surface area contributed by atoms with Crippen LogP contribution in [0.5, 0.6) is 0 Å². The molecular formula is C16H22N2. The monoisotopic (exact) mass is 242 g/mol. The smallest absolute Gasteiger partial charge is 0.0748 e.